The number of nitrogens with zero attached hydrogens (tertiary/aromatic N) is 4. The van der Waals surface area contributed by atoms with Gasteiger partial charge in [-0.3, -0.25) is 24.5 Å². The Balaban J connectivity index is 1.62. The average molecular weight is 471 g/mol. The third kappa shape index (κ3) is 3.74. The minimum atomic E-state index is -0.561. The third-order valence-corrected chi connectivity index (χ3v) is 6.25. The highest BCUT2D eigenvalue weighted by atomic mass is 16.2. The second-order valence-corrected chi connectivity index (χ2v) is 8.76. The van der Waals surface area contributed by atoms with Crippen LogP contribution in [0.1, 0.15) is 52.0 Å². The average Bonchev–Trinajstić information content (AvgIpc) is 3.25. The molecular formula is C26H26N6O3. The molecule has 5 rings (SSSR count). The quantitative estimate of drug-likeness (QED) is 0.612. The largest absolute Gasteiger partial charge is 0.323 e. The minimum Gasteiger partial charge on any atom is -0.323 e. The fourth-order valence-corrected chi connectivity index (χ4v) is 4.83. The number of benzene rings is 1. The SMILES string of the molecule is CC(=O)Nc1c(C)nn(C)c1C(=O)NN1C=C(c2ccccc2)n2c(C)cc3c2C(=CCC3)C1=O. The van der Waals surface area contributed by atoms with Crippen molar-refractivity contribution in [3.05, 3.63) is 82.6 Å². The maximum absolute atomic E-state index is 13.7. The summed E-state index contributed by atoms with van der Waals surface area (Å²) in [6, 6.07) is 11.9. The van der Waals surface area contributed by atoms with Crippen molar-refractivity contribution in [3.63, 3.8) is 0 Å². The summed E-state index contributed by atoms with van der Waals surface area (Å²) in [4.78, 5) is 38.9. The van der Waals surface area contributed by atoms with E-state index in [2.05, 4.69) is 26.5 Å². The zero-order valence-electron chi connectivity index (χ0n) is 20.0. The molecule has 0 bridgehead atoms. The molecule has 1 aromatic carbocycles. The van der Waals surface area contributed by atoms with Gasteiger partial charge in [0.1, 0.15) is 0 Å². The van der Waals surface area contributed by atoms with Crippen LogP contribution in [0.5, 0.6) is 0 Å². The van der Waals surface area contributed by atoms with E-state index in [9.17, 15) is 14.4 Å². The van der Waals surface area contributed by atoms with E-state index in [4.69, 9.17) is 0 Å². The first-order valence-electron chi connectivity index (χ1n) is 11.4. The van der Waals surface area contributed by atoms with Gasteiger partial charge in [0, 0.05) is 25.2 Å². The van der Waals surface area contributed by atoms with Crippen LogP contribution in [0.2, 0.25) is 0 Å². The number of carbonyl (C=O) groups is 3. The van der Waals surface area contributed by atoms with Crippen LogP contribution in [0.15, 0.2) is 48.7 Å². The van der Waals surface area contributed by atoms with E-state index in [-0.39, 0.29) is 17.5 Å². The van der Waals surface area contributed by atoms with Gasteiger partial charge in [0.2, 0.25) is 5.91 Å². The van der Waals surface area contributed by atoms with E-state index >= 15 is 0 Å². The van der Waals surface area contributed by atoms with Crippen molar-refractivity contribution in [3.8, 4) is 0 Å². The maximum atomic E-state index is 13.7. The molecule has 3 aromatic rings. The van der Waals surface area contributed by atoms with Gasteiger partial charge in [0.05, 0.1) is 34.5 Å². The lowest BCUT2D eigenvalue weighted by Crippen LogP contribution is -2.43. The number of hydrogen-bond donors (Lipinski definition) is 2. The maximum Gasteiger partial charge on any atom is 0.290 e. The molecule has 0 spiro atoms. The number of aryl methyl sites for hydroxylation is 4. The van der Waals surface area contributed by atoms with Gasteiger partial charge >= 0.3 is 0 Å². The molecule has 2 N–H and O–H groups in total. The second kappa shape index (κ2) is 8.43. The lowest BCUT2D eigenvalue weighted by molar-refractivity contribution is -0.124. The molecule has 0 atom stereocenters. The lowest BCUT2D eigenvalue weighted by atomic mass is 9.96. The lowest BCUT2D eigenvalue weighted by Gasteiger charge is -2.21. The van der Waals surface area contributed by atoms with Crippen LogP contribution in [-0.4, -0.2) is 37.1 Å². The van der Waals surface area contributed by atoms with Gasteiger partial charge in [0.15, 0.2) is 5.69 Å². The molecule has 2 aromatic heterocycles. The van der Waals surface area contributed by atoms with Gasteiger partial charge in [-0.25, -0.2) is 5.01 Å². The zero-order valence-corrected chi connectivity index (χ0v) is 20.0. The fourth-order valence-electron chi connectivity index (χ4n) is 4.83. The highest BCUT2D eigenvalue weighted by Gasteiger charge is 2.33. The van der Waals surface area contributed by atoms with Crippen molar-refractivity contribution < 1.29 is 14.4 Å². The Morgan fingerprint density at radius 2 is 1.86 bits per heavy atom. The molecule has 3 amide bonds. The van der Waals surface area contributed by atoms with E-state index in [0.717, 1.165) is 41.1 Å². The van der Waals surface area contributed by atoms with Crippen LogP contribution in [-0.2, 0) is 23.1 Å². The first kappa shape index (κ1) is 22.4. The van der Waals surface area contributed by atoms with Crippen LogP contribution in [0, 0.1) is 13.8 Å². The van der Waals surface area contributed by atoms with Crippen LogP contribution in [0.3, 0.4) is 0 Å². The van der Waals surface area contributed by atoms with Crippen molar-refractivity contribution >= 4 is 34.7 Å². The number of carbonyl (C=O) groups excluding carboxylic acids is 3. The summed E-state index contributed by atoms with van der Waals surface area (Å²) in [6.07, 6.45) is 5.18. The minimum absolute atomic E-state index is 0.151. The van der Waals surface area contributed by atoms with Crippen LogP contribution in [0.4, 0.5) is 5.69 Å². The summed E-state index contributed by atoms with van der Waals surface area (Å²) in [5.74, 6) is -1.21. The summed E-state index contributed by atoms with van der Waals surface area (Å²) >= 11 is 0. The molecule has 35 heavy (non-hydrogen) atoms. The summed E-state index contributed by atoms with van der Waals surface area (Å²) < 4.78 is 3.47. The third-order valence-electron chi connectivity index (χ3n) is 6.25. The highest BCUT2D eigenvalue weighted by Crippen LogP contribution is 2.37. The molecule has 3 heterocycles. The smallest absolute Gasteiger partial charge is 0.290 e. The summed E-state index contributed by atoms with van der Waals surface area (Å²) in [6.45, 7) is 5.09. The molecular weight excluding hydrogens is 444 g/mol. The van der Waals surface area contributed by atoms with Gasteiger partial charge in [-0.2, -0.15) is 5.10 Å². The molecule has 178 valence electrons. The summed E-state index contributed by atoms with van der Waals surface area (Å²) in [5.41, 5.74) is 8.92. The predicted octanol–water partition coefficient (Wildman–Crippen LogP) is 3.16. The van der Waals surface area contributed by atoms with Gasteiger partial charge < -0.3 is 9.88 Å². The van der Waals surface area contributed by atoms with Crippen molar-refractivity contribution in [2.24, 2.45) is 7.05 Å². The molecule has 1 aliphatic carbocycles. The summed E-state index contributed by atoms with van der Waals surface area (Å²) in [5, 5.41) is 8.18. The Kier molecular flexibility index (Phi) is 5.39. The molecule has 0 unspecified atom stereocenters. The number of anilines is 1. The second-order valence-electron chi connectivity index (χ2n) is 8.76. The number of hydrazine groups is 1. The standard InChI is InChI=1S/C26H26N6O3/c1-15-13-19-11-8-12-20-23(19)32(15)21(18-9-6-5-7-10-18)14-31(26(20)35)29-25(34)24-22(27-17(3)33)16(2)28-30(24)4/h5-7,9-10,12-14H,8,11H2,1-4H3,(H,27,33)(H,29,34). The molecule has 9 heteroatoms. The molecule has 1 aliphatic heterocycles. The van der Waals surface area contributed by atoms with Gasteiger partial charge in [-0.15, -0.1) is 0 Å². The first-order valence-corrected chi connectivity index (χ1v) is 11.4. The van der Waals surface area contributed by atoms with Crippen molar-refractivity contribution in [2.45, 2.75) is 33.6 Å². The number of rotatable bonds is 4. The Bertz CT molecular complexity index is 1440. The van der Waals surface area contributed by atoms with E-state index in [1.165, 1.54) is 16.6 Å². The topological polar surface area (TPSA) is 101 Å². The summed E-state index contributed by atoms with van der Waals surface area (Å²) in [7, 11) is 1.62. The Morgan fingerprint density at radius 1 is 1.11 bits per heavy atom. The number of nitrogens with one attached hydrogen (secondary N) is 2. The number of aromatic nitrogens is 3. The van der Waals surface area contributed by atoms with Crippen molar-refractivity contribution in [1.29, 1.82) is 0 Å². The molecule has 9 nitrogen and oxygen atoms in total. The van der Waals surface area contributed by atoms with Gasteiger partial charge in [0.25, 0.3) is 11.8 Å². The molecule has 0 radical (unpaired) electrons. The Hall–Kier alpha value is -4.40. The van der Waals surface area contributed by atoms with Gasteiger partial charge in [-0.1, -0.05) is 36.4 Å². The van der Waals surface area contributed by atoms with E-state index < -0.39 is 5.91 Å². The van der Waals surface area contributed by atoms with Crippen molar-refractivity contribution in [2.75, 3.05) is 5.32 Å². The fraction of sp³-hybridized carbons (Fsp3) is 0.231. The molecule has 0 saturated heterocycles. The van der Waals surface area contributed by atoms with Crippen LogP contribution >= 0.6 is 0 Å². The van der Waals surface area contributed by atoms with Crippen LogP contribution in [0.25, 0.3) is 11.3 Å². The Labute approximate surface area is 202 Å². The normalized spacial score (nSPS) is 14.6. The van der Waals surface area contributed by atoms with E-state index in [1.807, 2.05) is 43.3 Å². The Morgan fingerprint density at radius 3 is 2.57 bits per heavy atom. The van der Waals surface area contributed by atoms with Gasteiger partial charge in [-0.05, 0) is 38.3 Å². The predicted molar refractivity (Wildman–Crippen MR) is 132 cm³/mol. The van der Waals surface area contributed by atoms with E-state index in [0.29, 0.717) is 17.0 Å². The van der Waals surface area contributed by atoms with E-state index in [1.54, 1.807) is 20.2 Å². The zero-order chi connectivity index (χ0) is 24.9. The highest BCUT2D eigenvalue weighted by molar-refractivity contribution is 6.21. The number of amides is 3. The molecule has 0 fully saturated rings. The molecule has 0 saturated carbocycles. The molecule has 2 aliphatic rings. The van der Waals surface area contributed by atoms with Crippen molar-refractivity contribution in [1.82, 2.24) is 24.8 Å². The van der Waals surface area contributed by atoms with Crippen LogP contribution < -0.4 is 10.7 Å². The first-order chi connectivity index (χ1) is 16.8. The number of allylic oxidation sites excluding steroid dienone is 1. The number of hydrogen-bond acceptors (Lipinski definition) is 4. The monoisotopic (exact) mass is 470 g/mol.